The van der Waals surface area contributed by atoms with Crippen molar-refractivity contribution < 1.29 is 4.42 Å². The van der Waals surface area contributed by atoms with E-state index in [2.05, 4.69) is 158 Å². The van der Waals surface area contributed by atoms with Crippen molar-refractivity contribution in [1.82, 2.24) is 15.0 Å². The monoisotopic (exact) mass is 679 g/mol. The first-order valence-electron chi connectivity index (χ1n) is 18.1. The summed E-state index contributed by atoms with van der Waals surface area (Å²) < 4.78 is 6.69. The molecule has 2 heterocycles. The van der Waals surface area contributed by atoms with E-state index in [0.717, 1.165) is 68.2 Å². The number of benzene rings is 7. The Kier molecular flexibility index (Phi) is 7.58. The highest BCUT2D eigenvalue weighted by atomic mass is 16.3. The summed E-state index contributed by atoms with van der Waals surface area (Å²) >= 11 is 0. The second-order valence-electron chi connectivity index (χ2n) is 13.5. The number of hydrogen-bond donors (Lipinski definition) is 0. The molecule has 0 unspecified atom stereocenters. The third-order valence-electron chi connectivity index (χ3n) is 10.2. The molecule has 0 amide bonds. The molecule has 0 N–H and O–H groups in total. The summed E-state index contributed by atoms with van der Waals surface area (Å²) in [7, 11) is 0. The second-order valence-corrected chi connectivity index (χ2v) is 13.5. The van der Waals surface area contributed by atoms with Crippen LogP contribution in [0.5, 0.6) is 0 Å². The normalized spacial score (nSPS) is 12.8. The number of nitrogens with zero attached hydrogens (tertiary/aromatic N) is 3. The SMILES string of the molecule is C1=CC(c2nc(-c3ccc(-c4ccccc4)cc3)nc(-c3ccc(-c4ccc(-c5ccc6ccccc6c5)cc4)c4oc5ccccc5c34)n2)=CCC1. The van der Waals surface area contributed by atoms with E-state index >= 15 is 0 Å². The number of fused-ring (bicyclic) bond motifs is 4. The molecule has 4 heteroatoms. The molecule has 4 nitrogen and oxygen atoms in total. The zero-order valence-electron chi connectivity index (χ0n) is 28.9. The van der Waals surface area contributed by atoms with Gasteiger partial charge in [-0.05, 0) is 75.7 Å². The minimum atomic E-state index is 0.617. The van der Waals surface area contributed by atoms with Crippen molar-refractivity contribution in [3.8, 4) is 56.2 Å². The molecular formula is C49H33N3O. The van der Waals surface area contributed by atoms with E-state index in [-0.39, 0.29) is 0 Å². The van der Waals surface area contributed by atoms with Gasteiger partial charge in [0.2, 0.25) is 0 Å². The van der Waals surface area contributed by atoms with Crippen molar-refractivity contribution in [1.29, 1.82) is 0 Å². The predicted octanol–water partition coefficient (Wildman–Crippen LogP) is 13.0. The van der Waals surface area contributed by atoms with Crippen LogP contribution in [0.3, 0.4) is 0 Å². The third kappa shape index (κ3) is 5.71. The predicted molar refractivity (Wildman–Crippen MR) is 218 cm³/mol. The Balaban J connectivity index is 1.10. The number of rotatable bonds is 6. The van der Waals surface area contributed by atoms with Crippen LogP contribution in [-0.2, 0) is 0 Å². The third-order valence-corrected chi connectivity index (χ3v) is 10.2. The molecule has 0 fully saturated rings. The highest BCUT2D eigenvalue weighted by molar-refractivity contribution is 6.15. The van der Waals surface area contributed by atoms with Crippen molar-refractivity contribution in [2.45, 2.75) is 12.8 Å². The van der Waals surface area contributed by atoms with Crippen molar-refractivity contribution in [2.24, 2.45) is 0 Å². The van der Waals surface area contributed by atoms with E-state index in [9.17, 15) is 0 Å². The molecule has 1 aliphatic carbocycles. The standard InChI is InChI=1S/C49H33N3O/c1-3-11-32(12-4-1)34-21-26-38(27-22-34)48-50-47(37-14-5-2-6-15-37)51-49(52-48)43-30-29-41(46-45(43)42-17-9-10-18-44(42)53-46)36-24-19-35(20-25-36)40-28-23-33-13-7-8-16-39(33)31-40/h1,3-5,7-31H,2,6H2. The number of hydrogen-bond acceptors (Lipinski definition) is 4. The number of furan rings is 1. The molecule has 10 rings (SSSR count). The number of para-hydroxylation sites is 1. The van der Waals surface area contributed by atoms with Gasteiger partial charge in [-0.2, -0.15) is 0 Å². The first-order valence-corrected chi connectivity index (χ1v) is 18.1. The minimum Gasteiger partial charge on any atom is -0.455 e. The summed E-state index contributed by atoms with van der Waals surface area (Å²) in [6, 6.07) is 55.3. The Bertz CT molecular complexity index is 2870. The first-order chi connectivity index (χ1) is 26.2. The van der Waals surface area contributed by atoms with Crippen molar-refractivity contribution >= 4 is 38.3 Å². The van der Waals surface area contributed by atoms with Crippen LogP contribution >= 0.6 is 0 Å². The van der Waals surface area contributed by atoms with Gasteiger partial charge < -0.3 is 4.42 Å². The Morgan fingerprint density at radius 2 is 1.06 bits per heavy atom. The molecule has 0 bridgehead atoms. The highest BCUT2D eigenvalue weighted by Crippen LogP contribution is 2.42. The molecule has 0 aliphatic heterocycles. The first kappa shape index (κ1) is 30.9. The zero-order chi connectivity index (χ0) is 35.1. The molecule has 2 aromatic heterocycles. The molecule has 250 valence electrons. The minimum absolute atomic E-state index is 0.617. The molecule has 0 spiro atoms. The Hall–Kier alpha value is -6.91. The summed E-state index contributed by atoms with van der Waals surface area (Å²) in [5.74, 6) is 1.92. The molecule has 9 aromatic rings. The van der Waals surface area contributed by atoms with Crippen LogP contribution in [0.4, 0.5) is 0 Å². The molecule has 53 heavy (non-hydrogen) atoms. The van der Waals surface area contributed by atoms with Crippen LogP contribution < -0.4 is 0 Å². The van der Waals surface area contributed by atoms with E-state index in [0.29, 0.717) is 17.5 Å². The summed E-state index contributed by atoms with van der Waals surface area (Å²) in [6.07, 6.45) is 8.50. The molecule has 0 saturated heterocycles. The Morgan fingerprint density at radius 3 is 1.87 bits per heavy atom. The maximum atomic E-state index is 6.69. The Morgan fingerprint density at radius 1 is 0.434 bits per heavy atom. The van der Waals surface area contributed by atoms with Crippen LogP contribution in [0.1, 0.15) is 18.7 Å². The van der Waals surface area contributed by atoms with Crippen LogP contribution in [-0.4, -0.2) is 15.0 Å². The lowest BCUT2D eigenvalue weighted by Crippen LogP contribution is -2.03. The van der Waals surface area contributed by atoms with Crippen molar-refractivity contribution in [3.05, 3.63) is 182 Å². The summed E-state index contributed by atoms with van der Waals surface area (Å²) in [4.78, 5) is 15.3. The summed E-state index contributed by atoms with van der Waals surface area (Å²) in [6.45, 7) is 0. The lowest BCUT2D eigenvalue weighted by atomic mass is 9.95. The lowest BCUT2D eigenvalue weighted by molar-refractivity contribution is 0.670. The van der Waals surface area contributed by atoms with Gasteiger partial charge in [-0.25, -0.2) is 15.0 Å². The molecule has 7 aromatic carbocycles. The fraction of sp³-hybridized carbons (Fsp3) is 0.0408. The van der Waals surface area contributed by atoms with Crippen LogP contribution in [0.15, 0.2) is 180 Å². The average Bonchev–Trinajstić information content (AvgIpc) is 3.64. The highest BCUT2D eigenvalue weighted by Gasteiger charge is 2.21. The van der Waals surface area contributed by atoms with E-state index in [1.165, 1.54) is 27.5 Å². The molecule has 0 atom stereocenters. The summed E-state index contributed by atoms with van der Waals surface area (Å²) in [5.41, 5.74) is 11.3. The fourth-order valence-corrected chi connectivity index (χ4v) is 7.43. The van der Waals surface area contributed by atoms with Crippen molar-refractivity contribution in [3.63, 3.8) is 0 Å². The van der Waals surface area contributed by atoms with E-state index in [1.54, 1.807) is 0 Å². The topological polar surface area (TPSA) is 51.8 Å². The van der Waals surface area contributed by atoms with Crippen LogP contribution in [0.25, 0.3) is 94.4 Å². The average molecular weight is 680 g/mol. The lowest BCUT2D eigenvalue weighted by Gasteiger charge is -2.12. The van der Waals surface area contributed by atoms with Gasteiger partial charge in [0.15, 0.2) is 17.5 Å². The maximum Gasteiger partial charge on any atom is 0.164 e. The van der Waals surface area contributed by atoms with E-state index in [1.807, 2.05) is 18.2 Å². The summed E-state index contributed by atoms with van der Waals surface area (Å²) in [5, 5.41) is 4.50. The van der Waals surface area contributed by atoms with Crippen LogP contribution in [0.2, 0.25) is 0 Å². The number of aromatic nitrogens is 3. The van der Waals surface area contributed by atoms with E-state index < -0.39 is 0 Å². The molecule has 0 radical (unpaired) electrons. The van der Waals surface area contributed by atoms with E-state index in [4.69, 9.17) is 19.4 Å². The molecular weight excluding hydrogens is 647 g/mol. The number of allylic oxidation sites excluding steroid dienone is 4. The van der Waals surface area contributed by atoms with Gasteiger partial charge in [0.1, 0.15) is 11.2 Å². The molecule has 0 saturated carbocycles. The fourth-order valence-electron chi connectivity index (χ4n) is 7.43. The van der Waals surface area contributed by atoms with Gasteiger partial charge >= 0.3 is 0 Å². The van der Waals surface area contributed by atoms with Gasteiger partial charge in [0, 0.05) is 33.0 Å². The zero-order valence-corrected chi connectivity index (χ0v) is 28.9. The van der Waals surface area contributed by atoms with Gasteiger partial charge in [0.25, 0.3) is 0 Å². The van der Waals surface area contributed by atoms with Gasteiger partial charge in [-0.15, -0.1) is 0 Å². The second kappa shape index (κ2) is 13.0. The van der Waals surface area contributed by atoms with Crippen molar-refractivity contribution in [2.75, 3.05) is 0 Å². The quantitative estimate of drug-likeness (QED) is 0.175. The maximum absolute atomic E-state index is 6.69. The molecule has 1 aliphatic rings. The Labute approximate surface area is 307 Å². The van der Waals surface area contributed by atoms with Crippen LogP contribution in [0, 0.1) is 0 Å². The van der Waals surface area contributed by atoms with Gasteiger partial charge in [0.05, 0.1) is 0 Å². The smallest absolute Gasteiger partial charge is 0.164 e. The van der Waals surface area contributed by atoms with Gasteiger partial charge in [-0.1, -0.05) is 152 Å². The largest absolute Gasteiger partial charge is 0.455 e. The van der Waals surface area contributed by atoms with Gasteiger partial charge in [-0.3, -0.25) is 0 Å².